The van der Waals surface area contributed by atoms with Gasteiger partial charge in [0, 0.05) is 11.8 Å². The molecule has 0 heterocycles. The summed E-state index contributed by atoms with van der Waals surface area (Å²) >= 11 is 6.00. The average Bonchev–Trinajstić information content (AvgIpc) is 2.66. The van der Waals surface area contributed by atoms with Crippen molar-refractivity contribution in [1.29, 1.82) is 0 Å². The van der Waals surface area contributed by atoms with Crippen molar-refractivity contribution in [2.75, 3.05) is 26.1 Å². The molecule has 11 heteroatoms. The van der Waals surface area contributed by atoms with E-state index in [0.717, 1.165) is 18.2 Å². The van der Waals surface area contributed by atoms with Crippen LogP contribution in [0.25, 0.3) is 0 Å². The van der Waals surface area contributed by atoms with Crippen molar-refractivity contribution in [2.45, 2.75) is 0 Å². The van der Waals surface area contributed by atoms with Crippen molar-refractivity contribution in [2.24, 2.45) is 0 Å². The summed E-state index contributed by atoms with van der Waals surface area (Å²) in [5.74, 6) is -2.25. The number of amides is 1. The number of anilines is 1. The average molecular weight is 413 g/mol. The summed E-state index contributed by atoms with van der Waals surface area (Å²) in [6.07, 6.45) is 0. The number of nitrogens with one attached hydrogen (secondary N) is 1. The predicted octanol–water partition coefficient (Wildman–Crippen LogP) is 3.20. The summed E-state index contributed by atoms with van der Waals surface area (Å²) in [6.45, 7) is -0.685. The molecule has 0 radical (unpaired) electrons. The van der Waals surface area contributed by atoms with E-state index in [1.54, 1.807) is 0 Å². The molecule has 9 nitrogen and oxygen atoms in total. The third-order valence-electron chi connectivity index (χ3n) is 3.43. The Labute approximate surface area is 163 Å². The molecule has 0 aliphatic heterocycles. The van der Waals surface area contributed by atoms with Crippen LogP contribution in [0.4, 0.5) is 15.8 Å². The second-order valence-corrected chi connectivity index (χ2v) is 5.65. The van der Waals surface area contributed by atoms with Crippen LogP contribution in [0.5, 0.6) is 11.5 Å². The van der Waals surface area contributed by atoms with E-state index in [2.05, 4.69) is 5.32 Å². The van der Waals surface area contributed by atoms with Crippen molar-refractivity contribution in [3.05, 3.63) is 56.8 Å². The Balaban J connectivity index is 2.03. The Hall–Kier alpha value is -3.40. The number of hydrogen-bond acceptors (Lipinski definition) is 7. The standard InChI is InChI=1S/C17H14ClFN2O7/c1-26-14-6-9(5-11(18)16(14)27-2)17(23)28-8-15(22)20-10-3-4-12(19)13(7-10)21(24)25/h3-7H,8H2,1-2H3,(H,20,22). The minimum Gasteiger partial charge on any atom is -0.493 e. The molecule has 2 aromatic rings. The van der Waals surface area contributed by atoms with E-state index in [9.17, 15) is 24.1 Å². The molecule has 0 spiro atoms. The van der Waals surface area contributed by atoms with Crippen LogP contribution >= 0.6 is 11.6 Å². The maximum Gasteiger partial charge on any atom is 0.338 e. The van der Waals surface area contributed by atoms with Gasteiger partial charge in [0.15, 0.2) is 18.1 Å². The number of nitro benzene ring substituents is 1. The lowest BCUT2D eigenvalue weighted by Crippen LogP contribution is -2.21. The second-order valence-electron chi connectivity index (χ2n) is 5.24. The van der Waals surface area contributed by atoms with Gasteiger partial charge in [-0.05, 0) is 24.3 Å². The lowest BCUT2D eigenvalue weighted by atomic mass is 10.2. The fourth-order valence-corrected chi connectivity index (χ4v) is 2.47. The highest BCUT2D eigenvalue weighted by molar-refractivity contribution is 6.32. The molecule has 0 atom stereocenters. The van der Waals surface area contributed by atoms with Crippen LogP contribution < -0.4 is 14.8 Å². The van der Waals surface area contributed by atoms with Crippen LogP contribution in [-0.2, 0) is 9.53 Å². The first kappa shape index (κ1) is 20.9. The SMILES string of the molecule is COc1cc(C(=O)OCC(=O)Nc2ccc(F)c([N+](=O)[O-])c2)cc(Cl)c1OC. The van der Waals surface area contributed by atoms with E-state index in [0.29, 0.717) is 0 Å². The number of ether oxygens (including phenoxy) is 3. The molecule has 1 N–H and O–H groups in total. The second kappa shape index (κ2) is 9.00. The Morgan fingerprint density at radius 2 is 1.93 bits per heavy atom. The van der Waals surface area contributed by atoms with Crippen LogP contribution in [-0.4, -0.2) is 37.6 Å². The van der Waals surface area contributed by atoms with E-state index < -0.39 is 34.9 Å². The molecule has 2 aromatic carbocycles. The van der Waals surface area contributed by atoms with Crippen LogP contribution in [0.3, 0.4) is 0 Å². The molecule has 0 saturated heterocycles. The first-order valence-corrected chi connectivity index (χ1v) is 7.97. The molecule has 0 fully saturated rings. The smallest absolute Gasteiger partial charge is 0.338 e. The largest absolute Gasteiger partial charge is 0.493 e. The van der Waals surface area contributed by atoms with Gasteiger partial charge in [-0.2, -0.15) is 4.39 Å². The Morgan fingerprint density at radius 3 is 2.54 bits per heavy atom. The number of benzene rings is 2. The van der Waals surface area contributed by atoms with Crippen molar-refractivity contribution in [3.8, 4) is 11.5 Å². The molecule has 28 heavy (non-hydrogen) atoms. The number of halogens is 2. The number of rotatable bonds is 7. The highest BCUT2D eigenvalue weighted by Crippen LogP contribution is 2.36. The van der Waals surface area contributed by atoms with Crippen LogP contribution in [0, 0.1) is 15.9 Å². The normalized spacial score (nSPS) is 10.1. The van der Waals surface area contributed by atoms with Gasteiger partial charge in [0.2, 0.25) is 5.82 Å². The van der Waals surface area contributed by atoms with E-state index >= 15 is 0 Å². The Morgan fingerprint density at radius 1 is 1.21 bits per heavy atom. The van der Waals surface area contributed by atoms with Crippen molar-refractivity contribution in [1.82, 2.24) is 0 Å². The number of carbonyl (C=O) groups excluding carboxylic acids is 2. The fraction of sp³-hybridized carbons (Fsp3) is 0.176. The molecule has 0 aromatic heterocycles. The van der Waals surface area contributed by atoms with Crippen molar-refractivity contribution >= 4 is 34.9 Å². The molecular formula is C17H14ClFN2O7. The van der Waals surface area contributed by atoms with Gasteiger partial charge in [0.1, 0.15) is 0 Å². The number of nitrogens with zero attached hydrogens (tertiary/aromatic N) is 1. The molecule has 2 rings (SSSR count). The van der Waals surface area contributed by atoms with Gasteiger partial charge < -0.3 is 19.5 Å². The lowest BCUT2D eigenvalue weighted by Gasteiger charge is -2.11. The van der Waals surface area contributed by atoms with Gasteiger partial charge in [-0.1, -0.05) is 11.6 Å². The summed E-state index contributed by atoms with van der Waals surface area (Å²) in [6, 6.07) is 5.44. The van der Waals surface area contributed by atoms with Crippen molar-refractivity contribution < 1.29 is 33.1 Å². The quantitative estimate of drug-likeness (QED) is 0.421. The van der Waals surface area contributed by atoms with Gasteiger partial charge in [0.05, 0.1) is 29.7 Å². The number of esters is 1. The zero-order chi connectivity index (χ0) is 20.8. The maximum absolute atomic E-state index is 13.3. The van der Waals surface area contributed by atoms with Gasteiger partial charge in [0.25, 0.3) is 5.91 Å². The highest BCUT2D eigenvalue weighted by Gasteiger charge is 2.18. The zero-order valence-electron chi connectivity index (χ0n) is 14.7. The summed E-state index contributed by atoms with van der Waals surface area (Å²) in [4.78, 5) is 33.8. The monoisotopic (exact) mass is 412 g/mol. The minimum absolute atomic E-state index is 0.0212. The minimum atomic E-state index is -1.04. The van der Waals surface area contributed by atoms with Gasteiger partial charge >= 0.3 is 11.7 Å². The van der Waals surface area contributed by atoms with E-state index in [1.807, 2.05) is 0 Å². The topological polar surface area (TPSA) is 117 Å². The molecule has 0 saturated carbocycles. The highest BCUT2D eigenvalue weighted by atomic mass is 35.5. The van der Waals surface area contributed by atoms with E-state index in [1.165, 1.54) is 26.4 Å². The predicted molar refractivity (Wildman–Crippen MR) is 96.5 cm³/mol. The summed E-state index contributed by atoms with van der Waals surface area (Å²) < 4.78 is 28.3. The fourth-order valence-electron chi connectivity index (χ4n) is 2.18. The van der Waals surface area contributed by atoms with Crippen molar-refractivity contribution in [3.63, 3.8) is 0 Å². The molecule has 0 unspecified atom stereocenters. The van der Waals surface area contributed by atoms with Gasteiger partial charge in [-0.15, -0.1) is 0 Å². The molecule has 0 bridgehead atoms. The van der Waals surface area contributed by atoms with Crippen LogP contribution in [0.15, 0.2) is 30.3 Å². The van der Waals surface area contributed by atoms with E-state index in [4.69, 9.17) is 25.8 Å². The van der Waals surface area contributed by atoms with E-state index in [-0.39, 0.29) is 27.8 Å². The third kappa shape index (κ3) is 4.86. The molecule has 148 valence electrons. The third-order valence-corrected chi connectivity index (χ3v) is 3.71. The Bertz CT molecular complexity index is 936. The first-order valence-electron chi connectivity index (χ1n) is 7.59. The Kier molecular flexibility index (Phi) is 6.72. The maximum atomic E-state index is 13.3. The summed E-state index contributed by atoms with van der Waals surface area (Å²) in [7, 11) is 2.74. The number of hydrogen-bond donors (Lipinski definition) is 1. The molecule has 0 aliphatic rings. The number of carbonyl (C=O) groups is 2. The first-order chi connectivity index (χ1) is 13.3. The van der Waals surface area contributed by atoms with Gasteiger partial charge in [-0.3, -0.25) is 14.9 Å². The summed E-state index contributed by atoms with van der Waals surface area (Å²) in [5, 5.41) is 13.1. The van der Waals surface area contributed by atoms with Crippen LogP contribution in [0.2, 0.25) is 5.02 Å². The number of methoxy groups -OCH3 is 2. The number of nitro groups is 1. The molecule has 1 amide bonds. The molecular weight excluding hydrogens is 399 g/mol. The zero-order valence-corrected chi connectivity index (χ0v) is 15.4. The van der Waals surface area contributed by atoms with Crippen LogP contribution in [0.1, 0.15) is 10.4 Å². The lowest BCUT2D eigenvalue weighted by molar-refractivity contribution is -0.387. The molecule has 0 aliphatic carbocycles. The summed E-state index contributed by atoms with van der Waals surface area (Å²) in [5.41, 5.74) is -0.800. The van der Waals surface area contributed by atoms with Gasteiger partial charge in [-0.25, -0.2) is 4.79 Å².